The van der Waals surface area contributed by atoms with Crippen LogP contribution in [0.1, 0.15) is 0 Å². The molecule has 0 spiro atoms. The predicted molar refractivity (Wildman–Crippen MR) is 182 cm³/mol. The quantitative estimate of drug-likeness (QED) is 0.214. The van der Waals surface area contributed by atoms with Gasteiger partial charge >= 0.3 is 0 Å². The highest BCUT2D eigenvalue weighted by Gasteiger charge is 2.15. The molecule has 44 heavy (non-hydrogen) atoms. The highest BCUT2D eigenvalue weighted by atomic mass is 15.1. The van der Waals surface area contributed by atoms with Crippen molar-refractivity contribution in [1.29, 1.82) is 0 Å². The molecule has 0 aliphatic carbocycles. The van der Waals surface area contributed by atoms with Crippen LogP contribution in [0.25, 0.3) is 77.5 Å². The van der Waals surface area contributed by atoms with E-state index in [0.29, 0.717) is 0 Å². The van der Waals surface area contributed by atoms with Crippen LogP contribution in [-0.2, 0) is 0 Å². The zero-order valence-corrected chi connectivity index (χ0v) is 23.8. The van der Waals surface area contributed by atoms with E-state index in [1.54, 1.807) is 0 Å². The van der Waals surface area contributed by atoms with E-state index in [0.717, 1.165) is 33.7 Å². The van der Waals surface area contributed by atoms with Crippen molar-refractivity contribution in [2.24, 2.45) is 0 Å². The summed E-state index contributed by atoms with van der Waals surface area (Å²) in [5.74, 6) is 1.85. The molecule has 5 aromatic carbocycles. The Labute approximate surface area is 254 Å². The number of aromatic nitrogens is 4. The zero-order chi connectivity index (χ0) is 29.0. The van der Waals surface area contributed by atoms with Crippen molar-refractivity contribution in [3.8, 4) is 33.9 Å². The van der Waals surface area contributed by atoms with Crippen molar-refractivity contribution in [2.75, 3.05) is 0 Å². The molecule has 0 N–H and O–H groups in total. The van der Waals surface area contributed by atoms with Gasteiger partial charge in [0.15, 0.2) is 0 Å². The van der Waals surface area contributed by atoms with E-state index in [1.807, 2.05) is 36.7 Å². The van der Waals surface area contributed by atoms with Crippen LogP contribution in [0, 0.1) is 0 Å². The highest BCUT2D eigenvalue weighted by molar-refractivity contribution is 6.11. The first-order valence-electron chi connectivity index (χ1n) is 14.8. The Morgan fingerprint density at radius 3 is 1.23 bits per heavy atom. The van der Waals surface area contributed by atoms with Gasteiger partial charge in [0, 0.05) is 33.9 Å². The molecule has 0 bridgehead atoms. The summed E-state index contributed by atoms with van der Waals surface area (Å²) in [6.07, 6.45) is 3.70. The van der Waals surface area contributed by atoms with Crippen molar-refractivity contribution in [1.82, 2.24) is 19.1 Å². The molecule has 0 aliphatic rings. The Bertz CT molecular complexity index is 2320. The Kier molecular flexibility index (Phi) is 5.47. The third-order valence-electron chi connectivity index (χ3n) is 8.63. The highest BCUT2D eigenvalue weighted by Crippen LogP contribution is 2.37. The molecule has 4 heterocycles. The van der Waals surface area contributed by atoms with Gasteiger partial charge in [0.25, 0.3) is 0 Å². The van der Waals surface area contributed by atoms with Crippen LogP contribution in [-0.4, -0.2) is 19.1 Å². The van der Waals surface area contributed by atoms with Crippen LogP contribution in [0.3, 0.4) is 0 Å². The maximum absolute atomic E-state index is 4.66. The van der Waals surface area contributed by atoms with Gasteiger partial charge in [-0.1, -0.05) is 78.9 Å². The summed E-state index contributed by atoms with van der Waals surface area (Å²) in [5, 5.41) is 4.89. The van der Waals surface area contributed by atoms with Gasteiger partial charge in [-0.3, -0.25) is 9.13 Å². The first kappa shape index (κ1) is 24.6. The summed E-state index contributed by atoms with van der Waals surface area (Å²) in [6, 6.07) is 51.7. The monoisotopic (exact) mass is 562 g/mol. The zero-order valence-electron chi connectivity index (χ0n) is 23.8. The minimum absolute atomic E-state index is 0.924. The molecule has 0 fully saturated rings. The lowest BCUT2D eigenvalue weighted by Gasteiger charge is -2.09. The Morgan fingerprint density at radius 2 is 0.750 bits per heavy atom. The SMILES string of the molecule is c1ccc(-n2c3ccccc3c3cc(-c4cccc(-c5ccc6c(c5)c5ccccc5n6-c5ccccn5)c4)ccc32)nc1. The molecule has 4 aromatic heterocycles. The predicted octanol–water partition coefficient (Wildman–Crippen LogP) is 10.0. The van der Waals surface area contributed by atoms with E-state index in [9.17, 15) is 0 Å². The van der Waals surface area contributed by atoms with Gasteiger partial charge in [0.05, 0.1) is 22.1 Å². The van der Waals surface area contributed by atoms with E-state index < -0.39 is 0 Å². The van der Waals surface area contributed by atoms with Gasteiger partial charge in [-0.2, -0.15) is 0 Å². The normalized spacial score (nSPS) is 11.6. The lowest BCUT2D eigenvalue weighted by molar-refractivity contribution is 1.08. The van der Waals surface area contributed by atoms with Crippen molar-refractivity contribution in [2.45, 2.75) is 0 Å². The largest absolute Gasteiger partial charge is 0.294 e. The minimum Gasteiger partial charge on any atom is -0.294 e. The smallest absolute Gasteiger partial charge is 0.137 e. The fourth-order valence-electron chi connectivity index (χ4n) is 6.65. The third kappa shape index (κ3) is 3.78. The Balaban J connectivity index is 1.18. The average molecular weight is 563 g/mol. The molecule has 4 heteroatoms. The van der Waals surface area contributed by atoms with Gasteiger partial charge in [-0.15, -0.1) is 0 Å². The average Bonchev–Trinajstić information content (AvgIpc) is 3.61. The molecule has 9 rings (SSSR count). The third-order valence-corrected chi connectivity index (χ3v) is 8.63. The maximum atomic E-state index is 4.66. The molecular weight excluding hydrogens is 536 g/mol. The minimum atomic E-state index is 0.924. The van der Waals surface area contributed by atoms with Crippen LogP contribution in [0.5, 0.6) is 0 Å². The van der Waals surface area contributed by atoms with Crippen molar-refractivity contribution < 1.29 is 0 Å². The summed E-state index contributed by atoms with van der Waals surface area (Å²) in [7, 11) is 0. The van der Waals surface area contributed by atoms with Crippen LogP contribution in [0.15, 0.2) is 158 Å². The van der Waals surface area contributed by atoms with E-state index in [4.69, 9.17) is 0 Å². The van der Waals surface area contributed by atoms with Gasteiger partial charge < -0.3 is 0 Å². The summed E-state index contributed by atoms with van der Waals surface area (Å²) in [5.41, 5.74) is 9.38. The molecule has 206 valence electrons. The molecule has 0 amide bonds. The Morgan fingerprint density at radius 1 is 0.318 bits per heavy atom. The molecule has 9 aromatic rings. The van der Waals surface area contributed by atoms with E-state index >= 15 is 0 Å². The number of para-hydroxylation sites is 2. The van der Waals surface area contributed by atoms with Crippen LogP contribution in [0.2, 0.25) is 0 Å². The van der Waals surface area contributed by atoms with Crippen molar-refractivity contribution >= 4 is 43.6 Å². The van der Waals surface area contributed by atoms with Crippen molar-refractivity contribution in [3.63, 3.8) is 0 Å². The van der Waals surface area contributed by atoms with Crippen LogP contribution in [0.4, 0.5) is 0 Å². The lowest BCUT2D eigenvalue weighted by Crippen LogP contribution is -1.96. The number of nitrogens with zero attached hydrogens (tertiary/aromatic N) is 4. The molecule has 0 radical (unpaired) electrons. The summed E-state index contributed by atoms with van der Waals surface area (Å²) in [4.78, 5) is 9.33. The van der Waals surface area contributed by atoms with Gasteiger partial charge in [0.2, 0.25) is 0 Å². The molecule has 0 saturated carbocycles. The van der Waals surface area contributed by atoms with Crippen LogP contribution < -0.4 is 0 Å². The first-order chi connectivity index (χ1) is 21.8. The Hall–Kier alpha value is -6.00. The fourth-order valence-corrected chi connectivity index (χ4v) is 6.65. The number of hydrogen-bond donors (Lipinski definition) is 0. The number of rotatable bonds is 4. The van der Waals surface area contributed by atoms with Gasteiger partial charge in [0.1, 0.15) is 11.6 Å². The second-order valence-electron chi connectivity index (χ2n) is 11.1. The van der Waals surface area contributed by atoms with Gasteiger partial charge in [-0.25, -0.2) is 9.97 Å². The van der Waals surface area contributed by atoms with E-state index in [-0.39, 0.29) is 0 Å². The number of pyridine rings is 2. The lowest BCUT2D eigenvalue weighted by atomic mass is 9.97. The maximum Gasteiger partial charge on any atom is 0.137 e. The molecular formula is C40H26N4. The van der Waals surface area contributed by atoms with Crippen molar-refractivity contribution in [3.05, 3.63) is 158 Å². The summed E-state index contributed by atoms with van der Waals surface area (Å²) < 4.78 is 4.50. The van der Waals surface area contributed by atoms with E-state index in [1.165, 1.54) is 43.8 Å². The second-order valence-corrected chi connectivity index (χ2v) is 11.1. The number of hydrogen-bond acceptors (Lipinski definition) is 2. The topological polar surface area (TPSA) is 35.6 Å². The standard InChI is InChI=1S/C40H26N4/c1-3-14-35-31(12-1)33-25-29(18-20-37(33)43(35)39-16-5-7-22-41-39)27-10-9-11-28(24-27)30-19-21-38-34(26-30)32-13-2-4-15-36(32)44(38)40-17-6-8-23-42-40/h1-26H. The molecule has 4 nitrogen and oxygen atoms in total. The second kappa shape index (κ2) is 9.79. The van der Waals surface area contributed by atoms with Gasteiger partial charge in [-0.05, 0) is 89.0 Å². The molecule has 0 unspecified atom stereocenters. The van der Waals surface area contributed by atoms with E-state index in [2.05, 4.69) is 140 Å². The summed E-state index contributed by atoms with van der Waals surface area (Å²) >= 11 is 0. The molecule has 0 aliphatic heterocycles. The molecule has 0 saturated heterocycles. The number of benzene rings is 5. The van der Waals surface area contributed by atoms with Crippen LogP contribution >= 0.6 is 0 Å². The number of fused-ring (bicyclic) bond motifs is 6. The first-order valence-corrected chi connectivity index (χ1v) is 14.8. The molecule has 0 atom stereocenters. The summed E-state index contributed by atoms with van der Waals surface area (Å²) in [6.45, 7) is 0. The fraction of sp³-hybridized carbons (Fsp3) is 0.